The maximum Gasteiger partial charge on any atom is 0.261 e. The summed E-state index contributed by atoms with van der Waals surface area (Å²) in [7, 11) is -3.66. The van der Waals surface area contributed by atoms with Gasteiger partial charge in [-0.25, -0.2) is 8.42 Å². The van der Waals surface area contributed by atoms with E-state index in [9.17, 15) is 8.42 Å². The Labute approximate surface area is 124 Å². The van der Waals surface area contributed by atoms with Gasteiger partial charge in [-0.05, 0) is 52.3 Å². The molecule has 100 valence electrons. The Morgan fingerprint density at radius 1 is 1.16 bits per heavy atom. The molecule has 0 bridgehead atoms. The van der Waals surface area contributed by atoms with Crippen molar-refractivity contribution in [1.29, 1.82) is 0 Å². The minimum atomic E-state index is -3.66. The number of halogens is 2. The van der Waals surface area contributed by atoms with E-state index < -0.39 is 10.0 Å². The van der Waals surface area contributed by atoms with Crippen molar-refractivity contribution in [1.82, 2.24) is 0 Å². The minimum Gasteiger partial charge on any atom is -0.398 e. The molecule has 4 nitrogen and oxygen atoms in total. The first kappa shape index (κ1) is 14.2. The smallest absolute Gasteiger partial charge is 0.261 e. The van der Waals surface area contributed by atoms with Crippen molar-refractivity contribution in [2.45, 2.75) is 4.90 Å². The lowest BCUT2D eigenvalue weighted by atomic mass is 10.3. The van der Waals surface area contributed by atoms with Gasteiger partial charge in [-0.3, -0.25) is 4.72 Å². The van der Waals surface area contributed by atoms with E-state index in [0.29, 0.717) is 20.9 Å². The molecule has 0 spiro atoms. The normalized spacial score (nSPS) is 11.3. The van der Waals surface area contributed by atoms with Gasteiger partial charge in [0.1, 0.15) is 0 Å². The van der Waals surface area contributed by atoms with Crippen molar-refractivity contribution in [2.24, 2.45) is 0 Å². The Kier molecular flexibility index (Phi) is 4.03. The van der Waals surface area contributed by atoms with Crippen LogP contribution in [0.5, 0.6) is 0 Å². The first-order valence-electron chi connectivity index (χ1n) is 5.22. The van der Waals surface area contributed by atoms with Crippen molar-refractivity contribution < 1.29 is 8.42 Å². The van der Waals surface area contributed by atoms with Crippen LogP contribution in [-0.2, 0) is 10.0 Å². The number of anilines is 2. The third-order valence-corrected chi connectivity index (χ3v) is 4.66. The fraction of sp³-hybridized carbons (Fsp3) is 0. The summed E-state index contributed by atoms with van der Waals surface area (Å²) in [5.41, 5.74) is 6.50. The van der Waals surface area contributed by atoms with Gasteiger partial charge in [-0.1, -0.05) is 17.7 Å². The summed E-state index contributed by atoms with van der Waals surface area (Å²) in [5, 5.41) is 0.457. The third kappa shape index (κ3) is 3.40. The maximum atomic E-state index is 12.2. The number of rotatable bonds is 3. The molecule has 0 heterocycles. The van der Waals surface area contributed by atoms with Gasteiger partial charge in [-0.2, -0.15) is 0 Å². The van der Waals surface area contributed by atoms with E-state index in [2.05, 4.69) is 20.7 Å². The second-order valence-electron chi connectivity index (χ2n) is 3.80. The Morgan fingerprint density at radius 2 is 1.89 bits per heavy atom. The van der Waals surface area contributed by atoms with E-state index in [0.717, 1.165) is 0 Å². The molecule has 0 aliphatic heterocycles. The van der Waals surface area contributed by atoms with Crippen LogP contribution in [0.4, 0.5) is 11.4 Å². The average Bonchev–Trinajstić information content (AvgIpc) is 2.32. The van der Waals surface area contributed by atoms with Gasteiger partial charge in [-0.15, -0.1) is 0 Å². The standard InChI is InChI=1S/C12H10BrClN2O2S/c13-11-7-10(4-5-12(11)15)19(17,18)16-9-3-1-2-8(14)6-9/h1-7,16H,15H2. The van der Waals surface area contributed by atoms with Gasteiger partial charge >= 0.3 is 0 Å². The second-order valence-corrected chi connectivity index (χ2v) is 6.77. The monoisotopic (exact) mass is 360 g/mol. The number of hydrogen-bond donors (Lipinski definition) is 2. The summed E-state index contributed by atoms with van der Waals surface area (Å²) in [6.07, 6.45) is 0. The SMILES string of the molecule is Nc1ccc(S(=O)(=O)Nc2cccc(Cl)c2)cc1Br. The van der Waals surface area contributed by atoms with E-state index in [1.165, 1.54) is 24.3 Å². The molecule has 0 fully saturated rings. The molecule has 0 amide bonds. The number of nitrogens with one attached hydrogen (secondary N) is 1. The molecule has 7 heteroatoms. The Morgan fingerprint density at radius 3 is 2.53 bits per heavy atom. The molecule has 0 aliphatic rings. The summed E-state index contributed by atoms with van der Waals surface area (Å²) in [6, 6.07) is 10.9. The summed E-state index contributed by atoms with van der Waals surface area (Å²) in [4.78, 5) is 0.119. The maximum absolute atomic E-state index is 12.2. The lowest BCUT2D eigenvalue weighted by molar-refractivity contribution is 0.601. The van der Waals surface area contributed by atoms with Crippen molar-refractivity contribution in [3.05, 3.63) is 52.0 Å². The van der Waals surface area contributed by atoms with Gasteiger partial charge in [0.05, 0.1) is 10.6 Å². The fourth-order valence-corrected chi connectivity index (χ4v) is 3.24. The molecule has 0 radical (unpaired) electrons. The highest BCUT2D eigenvalue weighted by molar-refractivity contribution is 9.10. The quantitative estimate of drug-likeness (QED) is 0.822. The lowest BCUT2D eigenvalue weighted by Gasteiger charge is -2.09. The molecule has 0 saturated heterocycles. The van der Waals surface area contributed by atoms with Gasteiger partial charge in [0.2, 0.25) is 0 Å². The second kappa shape index (κ2) is 5.40. The van der Waals surface area contributed by atoms with Crippen LogP contribution in [0.3, 0.4) is 0 Å². The average molecular weight is 362 g/mol. The van der Waals surface area contributed by atoms with E-state index in [4.69, 9.17) is 17.3 Å². The van der Waals surface area contributed by atoms with Crippen molar-refractivity contribution >= 4 is 48.9 Å². The molecule has 0 unspecified atom stereocenters. The van der Waals surface area contributed by atoms with E-state index >= 15 is 0 Å². The minimum absolute atomic E-state index is 0.119. The van der Waals surface area contributed by atoms with Gasteiger partial charge in [0, 0.05) is 15.2 Å². The van der Waals surface area contributed by atoms with Crippen LogP contribution < -0.4 is 10.5 Å². The topological polar surface area (TPSA) is 72.2 Å². The number of nitrogens with two attached hydrogens (primary N) is 1. The third-order valence-electron chi connectivity index (χ3n) is 2.36. The summed E-state index contributed by atoms with van der Waals surface area (Å²) in [5.74, 6) is 0. The van der Waals surface area contributed by atoms with E-state index in [-0.39, 0.29) is 4.90 Å². The Hall–Kier alpha value is -1.24. The van der Waals surface area contributed by atoms with Crippen LogP contribution in [-0.4, -0.2) is 8.42 Å². The van der Waals surface area contributed by atoms with Crippen LogP contribution in [0, 0.1) is 0 Å². The summed E-state index contributed by atoms with van der Waals surface area (Å²) >= 11 is 9.00. The Balaban J connectivity index is 2.35. The highest BCUT2D eigenvalue weighted by Crippen LogP contribution is 2.25. The number of nitrogen functional groups attached to an aromatic ring is 1. The fourth-order valence-electron chi connectivity index (χ4n) is 1.44. The van der Waals surface area contributed by atoms with Crippen LogP contribution >= 0.6 is 27.5 Å². The largest absolute Gasteiger partial charge is 0.398 e. The van der Waals surface area contributed by atoms with E-state index in [1.54, 1.807) is 18.2 Å². The molecule has 0 atom stereocenters. The Bertz CT molecular complexity index is 719. The van der Waals surface area contributed by atoms with Crippen molar-refractivity contribution in [2.75, 3.05) is 10.5 Å². The van der Waals surface area contributed by atoms with Crippen molar-refractivity contribution in [3.8, 4) is 0 Å². The first-order chi connectivity index (χ1) is 8.88. The van der Waals surface area contributed by atoms with Gasteiger partial charge in [0.15, 0.2) is 0 Å². The molecular weight excluding hydrogens is 352 g/mol. The lowest BCUT2D eigenvalue weighted by Crippen LogP contribution is -2.13. The predicted octanol–water partition coefficient (Wildman–Crippen LogP) is 3.49. The molecule has 0 aromatic heterocycles. The van der Waals surface area contributed by atoms with Crippen LogP contribution in [0.2, 0.25) is 5.02 Å². The zero-order valence-electron chi connectivity index (χ0n) is 9.60. The summed E-state index contributed by atoms with van der Waals surface area (Å²) in [6.45, 7) is 0. The highest BCUT2D eigenvalue weighted by Gasteiger charge is 2.15. The molecule has 19 heavy (non-hydrogen) atoms. The van der Waals surface area contributed by atoms with Crippen LogP contribution in [0.25, 0.3) is 0 Å². The molecule has 3 N–H and O–H groups in total. The number of benzene rings is 2. The van der Waals surface area contributed by atoms with Crippen molar-refractivity contribution in [3.63, 3.8) is 0 Å². The molecule has 0 aliphatic carbocycles. The highest BCUT2D eigenvalue weighted by atomic mass is 79.9. The molecular formula is C12H10BrClN2O2S. The van der Waals surface area contributed by atoms with Crippen LogP contribution in [0.1, 0.15) is 0 Å². The molecule has 2 rings (SSSR count). The molecule has 2 aromatic carbocycles. The van der Waals surface area contributed by atoms with Crippen LogP contribution in [0.15, 0.2) is 51.8 Å². The molecule has 0 saturated carbocycles. The van der Waals surface area contributed by atoms with Gasteiger partial charge < -0.3 is 5.73 Å². The van der Waals surface area contributed by atoms with Gasteiger partial charge in [0.25, 0.3) is 10.0 Å². The first-order valence-corrected chi connectivity index (χ1v) is 7.87. The predicted molar refractivity (Wildman–Crippen MR) is 80.8 cm³/mol. The summed E-state index contributed by atoms with van der Waals surface area (Å²) < 4.78 is 27.3. The number of hydrogen-bond acceptors (Lipinski definition) is 3. The zero-order valence-corrected chi connectivity index (χ0v) is 12.8. The number of sulfonamides is 1. The molecule has 2 aromatic rings. The zero-order chi connectivity index (χ0) is 14.0. The van der Waals surface area contributed by atoms with E-state index in [1.807, 2.05) is 0 Å².